The first kappa shape index (κ1) is 12.8. The van der Waals surface area contributed by atoms with Crippen molar-refractivity contribution in [1.82, 2.24) is 0 Å². The molecule has 2 aromatic carbocycles. The minimum Gasteiger partial charge on any atom is -0.393 e. The highest BCUT2D eigenvalue weighted by molar-refractivity contribution is 5.33. The molecule has 1 nitrogen and oxygen atoms in total. The monoisotopic (exact) mass is 239 g/mol. The Morgan fingerprint density at radius 1 is 0.833 bits per heavy atom. The Labute approximate surface area is 109 Å². The number of rotatable bonds is 4. The lowest BCUT2D eigenvalue weighted by Gasteiger charge is -2.27. The summed E-state index contributed by atoms with van der Waals surface area (Å²) in [6.07, 6.45) is -0.574. The molecule has 2 atom stereocenters. The molecule has 0 aliphatic heterocycles. The number of aliphatic hydroxyl groups is 1. The zero-order valence-corrected chi connectivity index (χ0v) is 10.7. The van der Waals surface area contributed by atoms with Gasteiger partial charge in [0.1, 0.15) is 0 Å². The molecule has 0 saturated heterocycles. The van der Waals surface area contributed by atoms with E-state index in [4.69, 9.17) is 0 Å². The summed E-state index contributed by atoms with van der Waals surface area (Å²) < 4.78 is 0. The first-order valence-corrected chi connectivity index (χ1v) is 6.31. The van der Waals surface area contributed by atoms with E-state index in [0.717, 1.165) is 0 Å². The van der Waals surface area contributed by atoms with Crippen molar-refractivity contribution < 1.29 is 5.11 Å². The van der Waals surface area contributed by atoms with Crippen molar-refractivity contribution in [3.8, 4) is 0 Å². The Morgan fingerprint density at radius 3 is 1.56 bits per heavy atom. The van der Waals surface area contributed by atoms with Gasteiger partial charge in [-0.1, -0.05) is 67.6 Å². The third-order valence-electron chi connectivity index (χ3n) is 3.45. The number of benzene rings is 2. The van der Waals surface area contributed by atoms with Gasteiger partial charge in [-0.3, -0.25) is 0 Å². The molecular formula is C17H19O. The summed E-state index contributed by atoms with van der Waals surface area (Å²) >= 11 is 0. The number of aliphatic hydroxyl groups excluding tert-OH is 1. The Bertz CT molecular complexity index is 422. The summed E-state index contributed by atoms with van der Waals surface area (Å²) in [7, 11) is 0. The molecule has 0 aliphatic rings. The highest BCUT2D eigenvalue weighted by Gasteiger charge is 2.24. The third kappa shape index (κ3) is 2.80. The van der Waals surface area contributed by atoms with E-state index >= 15 is 0 Å². The molecule has 2 rings (SSSR count). The van der Waals surface area contributed by atoms with E-state index in [1.54, 1.807) is 0 Å². The van der Waals surface area contributed by atoms with Crippen LogP contribution in [0.5, 0.6) is 0 Å². The van der Waals surface area contributed by atoms with Gasteiger partial charge in [0.2, 0.25) is 0 Å². The van der Waals surface area contributed by atoms with Crippen LogP contribution in [-0.4, -0.2) is 11.2 Å². The molecule has 0 spiro atoms. The van der Waals surface area contributed by atoms with Crippen LogP contribution in [0, 0.1) is 12.8 Å². The van der Waals surface area contributed by atoms with Crippen LogP contribution in [0.3, 0.4) is 0 Å². The van der Waals surface area contributed by atoms with Crippen molar-refractivity contribution >= 4 is 0 Å². The normalized spacial score (nSPS) is 14.4. The SMILES string of the molecule is [CH2]C(O)C(C)C(c1ccccc1)c1ccccc1. The van der Waals surface area contributed by atoms with E-state index in [-0.39, 0.29) is 11.8 Å². The molecule has 0 heterocycles. The topological polar surface area (TPSA) is 20.2 Å². The zero-order valence-electron chi connectivity index (χ0n) is 10.7. The molecule has 0 fully saturated rings. The summed E-state index contributed by atoms with van der Waals surface area (Å²) in [5.74, 6) is 0.259. The molecule has 1 N–H and O–H groups in total. The molecule has 1 heteroatoms. The van der Waals surface area contributed by atoms with Crippen molar-refractivity contribution in [3.63, 3.8) is 0 Å². The van der Waals surface area contributed by atoms with E-state index in [1.807, 2.05) is 43.3 Å². The predicted molar refractivity (Wildman–Crippen MR) is 75.3 cm³/mol. The van der Waals surface area contributed by atoms with Crippen molar-refractivity contribution in [2.45, 2.75) is 18.9 Å². The first-order chi connectivity index (χ1) is 8.70. The van der Waals surface area contributed by atoms with E-state index in [9.17, 15) is 5.11 Å². The predicted octanol–water partition coefficient (Wildman–Crippen LogP) is 3.65. The summed E-state index contributed by atoms with van der Waals surface area (Å²) in [6.45, 7) is 5.81. The van der Waals surface area contributed by atoms with Crippen LogP contribution in [0.15, 0.2) is 60.7 Å². The summed E-state index contributed by atoms with van der Waals surface area (Å²) in [5.41, 5.74) is 2.44. The molecule has 0 amide bonds. The van der Waals surface area contributed by atoms with Crippen LogP contribution in [0.2, 0.25) is 0 Å². The molecule has 2 aromatic rings. The molecule has 0 bridgehead atoms. The molecule has 18 heavy (non-hydrogen) atoms. The van der Waals surface area contributed by atoms with Crippen molar-refractivity contribution in [3.05, 3.63) is 78.7 Å². The fourth-order valence-corrected chi connectivity index (χ4v) is 2.34. The van der Waals surface area contributed by atoms with Gasteiger partial charge in [0.05, 0.1) is 6.10 Å². The van der Waals surface area contributed by atoms with E-state index in [2.05, 4.69) is 31.2 Å². The Balaban J connectivity index is 2.42. The van der Waals surface area contributed by atoms with Gasteiger partial charge >= 0.3 is 0 Å². The first-order valence-electron chi connectivity index (χ1n) is 6.31. The maximum absolute atomic E-state index is 9.80. The van der Waals surface area contributed by atoms with Gasteiger partial charge in [0.25, 0.3) is 0 Å². The Kier molecular flexibility index (Phi) is 4.16. The number of hydrogen-bond acceptors (Lipinski definition) is 1. The minimum atomic E-state index is -0.574. The molecule has 0 aromatic heterocycles. The minimum absolute atomic E-state index is 0.0785. The average Bonchev–Trinajstić information content (AvgIpc) is 2.41. The highest BCUT2D eigenvalue weighted by Crippen LogP contribution is 2.33. The van der Waals surface area contributed by atoms with Crippen LogP contribution >= 0.6 is 0 Å². The smallest absolute Gasteiger partial charge is 0.0575 e. The molecule has 0 saturated carbocycles. The largest absolute Gasteiger partial charge is 0.393 e. The van der Waals surface area contributed by atoms with Crippen molar-refractivity contribution in [2.24, 2.45) is 5.92 Å². The Hall–Kier alpha value is -1.60. The van der Waals surface area contributed by atoms with Crippen molar-refractivity contribution in [1.29, 1.82) is 0 Å². The Morgan fingerprint density at radius 2 is 1.22 bits per heavy atom. The zero-order chi connectivity index (χ0) is 13.0. The van der Waals surface area contributed by atoms with Gasteiger partial charge in [-0.05, 0) is 24.0 Å². The van der Waals surface area contributed by atoms with Gasteiger partial charge in [-0.2, -0.15) is 0 Å². The summed E-state index contributed by atoms with van der Waals surface area (Å²) in [5, 5.41) is 9.80. The van der Waals surface area contributed by atoms with Gasteiger partial charge in [-0.25, -0.2) is 0 Å². The second-order valence-corrected chi connectivity index (χ2v) is 4.73. The maximum atomic E-state index is 9.80. The molecular weight excluding hydrogens is 220 g/mol. The van der Waals surface area contributed by atoms with Gasteiger partial charge in [-0.15, -0.1) is 0 Å². The quantitative estimate of drug-likeness (QED) is 0.863. The van der Waals surface area contributed by atoms with E-state index in [0.29, 0.717) is 0 Å². The average molecular weight is 239 g/mol. The van der Waals surface area contributed by atoms with E-state index in [1.165, 1.54) is 11.1 Å². The maximum Gasteiger partial charge on any atom is 0.0575 e. The summed E-state index contributed by atoms with van der Waals surface area (Å²) in [6, 6.07) is 20.6. The third-order valence-corrected chi connectivity index (χ3v) is 3.45. The highest BCUT2D eigenvalue weighted by atomic mass is 16.3. The van der Waals surface area contributed by atoms with Gasteiger partial charge in [0, 0.05) is 5.92 Å². The second kappa shape index (κ2) is 5.83. The molecule has 0 aliphatic carbocycles. The fourth-order valence-electron chi connectivity index (χ4n) is 2.34. The van der Waals surface area contributed by atoms with E-state index < -0.39 is 6.10 Å². The molecule has 1 radical (unpaired) electrons. The fraction of sp³-hybridized carbons (Fsp3) is 0.235. The van der Waals surface area contributed by atoms with Crippen LogP contribution in [0.1, 0.15) is 24.0 Å². The van der Waals surface area contributed by atoms with Gasteiger partial charge in [0.15, 0.2) is 0 Å². The number of hydrogen-bond donors (Lipinski definition) is 1. The van der Waals surface area contributed by atoms with Crippen LogP contribution in [0.4, 0.5) is 0 Å². The van der Waals surface area contributed by atoms with Crippen LogP contribution < -0.4 is 0 Å². The molecule has 2 unspecified atom stereocenters. The standard InChI is InChI=1S/C17H19O/c1-13(14(2)18)17(15-9-5-3-6-10-15)16-11-7-4-8-12-16/h3-14,17-18H,2H2,1H3. The summed E-state index contributed by atoms with van der Waals surface area (Å²) in [4.78, 5) is 0. The van der Waals surface area contributed by atoms with Crippen LogP contribution in [0.25, 0.3) is 0 Å². The second-order valence-electron chi connectivity index (χ2n) is 4.73. The lowest BCUT2D eigenvalue weighted by molar-refractivity contribution is 0.150. The van der Waals surface area contributed by atoms with Gasteiger partial charge < -0.3 is 5.11 Å². The lowest BCUT2D eigenvalue weighted by Crippen LogP contribution is -2.22. The molecule has 93 valence electrons. The lowest BCUT2D eigenvalue weighted by atomic mass is 9.79. The van der Waals surface area contributed by atoms with Crippen LogP contribution in [-0.2, 0) is 0 Å². The van der Waals surface area contributed by atoms with Crippen molar-refractivity contribution in [2.75, 3.05) is 0 Å².